The number of thiazole rings is 1. The monoisotopic (exact) mass is 322 g/mol. The van der Waals surface area contributed by atoms with Crippen molar-refractivity contribution in [3.05, 3.63) is 16.1 Å². The van der Waals surface area contributed by atoms with Gasteiger partial charge in [0.05, 0.1) is 17.1 Å². The number of aryl methyl sites for hydroxylation is 1. The van der Waals surface area contributed by atoms with Crippen molar-refractivity contribution in [3.8, 4) is 0 Å². The standard InChI is InChI=1S/C14H18N4O3S/c1-2-10-15-9(8-22-10)7-11(19)18-5-3-14(4-6-18)12(20)16-13(21)17-14/h8H,2-7H2,1H3,(H2,16,17,20,21). The molecule has 8 heteroatoms. The van der Waals surface area contributed by atoms with E-state index >= 15 is 0 Å². The smallest absolute Gasteiger partial charge is 0.322 e. The maximum atomic E-state index is 12.3. The van der Waals surface area contributed by atoms with Gasteiger partial charge < -0.3 is 10.2 Å². The highest BCUT2D eigenvalue weighted by molar-refractivity contribution is 7.09. The van der Waals surface area contributed by atoms with E-state index in [2.05, 4.69) is 15.6 Å². The fourth-order valence-electron chi connectivity index (χ4n) is 2.88. The van der Waals surface area contributed by atoms with Gasteiger partial charge in [0.1, 0.15) is 5.54 Å². The lowest BCUT2D eigenvalue weighted by atomic mass is 9.87. The van der Waals surface area contributed by atoms with Crippen LogP contribution in [0.1, 0.15) is 30.5 Å². The highest BCUT2D eigenvalue weighted by atomic mass is 32.1. The number of nitrogens with zero attached hydrogens (tertiary/aromatic N) is 2. The fourth-order valence-corrected chi connectivity index (χ4v) is 3.62. The van der Waals surface area contributed by atoms with Gasteiger partial charge >= 0.3 is 6.03 Å². The van der Waals surface area contributed by atoms with E-state index in [1.807, 2.05) is 12.3 Å². The number of carbonyl (C=O) groups is 3. The second kappa shape index (κ2) is 5.68. The van der Waals surface area contributed by atoms with E-state index in [0.717, 1.165) is 17.1 Å². The summed E-state index contributed by atoms with van der Waals surface area (Å²) in [5, 5.41) is 7.92. The molecule has 118 valence electrons. The minimum atomic E-state index is -0.829. The molecule has 3 heterocycles. The summed E-state index contributed by atoms with van der Waals surface area (Å²) >= 11 is 1.57. The molecule has 1 aromatic heterocycles. The van der Waals surface area contributed by atoms with Gasteiger partial charge in [-0.25, -0.2) is 9.78 Å². The molecule has 0 saturated carbocycles. The van der Waals surface area contributed by atoms with Crippen LogP contribution in [0.15, 0.2) is 5.38 Å². The van der Waals surface area contributed by atoms with Crippen LogP contribution >= 0.6 is 11.3 Å². The zero-order valence-electron chi connectivity index (χ0n) is 12.3. The number of hydrogen-bond acceptors (Lipinski definition) is 5. The van der Waals surface area contributed by atoms with Crippen molar-refractivity contribution in [2.24, 2.45) is 0 Å². The maximum Gasteiger partial charge on any atom is 0.322 e. The molecule has 2 aliphatic rings. The zero-order chi connectivity index (χ0) is 15.7. The predicted octanol–water partition coefficient (Wildman–Crippen LogP) is 0.449. The van der Waals surface area contributed by atoms with E-state index in [4.69, 9.17) is 0 Å². The molecule has 7 nitrogen and oxygen atoms in total. The number of urea groups is 1. The first kappa shape index (κ1) is 15.0. The Balaban J connectivity index is 1.58. The second-order valence-electron chi connectivity index (χ2n) is 5.63. The van der Waals surface area contributed by atoms with E-state index < -0.39 is 11.6 Å². The van der Waals surface area contributed by atoms with Crippen molar-refractivity contribution in [2.75, 3.05) is 13.1 Å². The molecular weight excluding hydrogens is 304 g/mol. The van der Waals surface area contributed by atoms with Crippen LogP contribution in [0.4, 0.5) is 4.79 Å². The Kier molecular flexibility index (Phi) is 3.86. The Hall–Kier alpha value is -1.96. The second-order valence-corrected chi connectivity index (χ2v) is 6.58. The van der Waals surface area contributed by atoms with Crippen molar-refractivity contribution >= 4 is 29.2 Å². The van der Waals surface area contributed by atoms with Crippen LogP contribution in [-0.2, 0) is 22.4 Å². The number of hydrogen-bond donors (Lipinski definition) is 2. The summed E-state index contributed by atoms with van der Waals surface area (Å²) in [6.07, 6.45) is 2.07. The molecule has 0 bridgehead atoms. The van der Waals surface area contributed by atoms with Crippen LogP contribution in [0, 0.1) is 0 Å². The van der Waals surface area contributed by atoms with Gasteiger partial charge in [-0.3, -0.25) is 14.9 Å². The Bertz CT molecular complexity index is 619. The van der Waals surface area contributed by atoms with Gasteiger partial charge in [-0.1, -0.05) is 6.92 Å². The molecule has 0 atom stereocenters. The summed E-state index contributed by atoms with van der Waals surface area (Å²) < 4.78 is 0. The van der Waals surface area contributed by atoms with E-state index in [1.165, 1.54) is 0 Å². The average Bonchev–Trinajstić information content (AvgIpc) is 3.05. The predicted molar refractivity (Wildman–Crippen MR) is 80.4 cm³/mol. The molecule has 2 N–H and O–H groups in total. The molecule has 2 saturated heterocycles. The maximum absolute atomic E-state index is 12.3. The molecule has 2 aliphatic heterocycles. The molecule has 0 radical (unpaired) electrons. The largest absolute Gasteiger partial charge is 0.342 e. The fraction of sp³-hybridized carbons (Fsp3) is 0.571. The average molecular weight is 322 g/mol. The van der Waals surface area contributed by atoms with Gasteiger partial charge in [0.15, 0.2) is 0 Å². The quantitative estimate of drug-likeness (QED) is 0.790. The first-order chi connectivity index (χ1) is 10.5. The number of rotatable bonds is 3. The number of carbonyl (C=O) groups excluding carboxylic acids is 3. The topological polar surface area (TPSA) is 91.4 Å². The Labute approximate surface area is 132 Å². The Morgan fingerprint density at radius 1 is 1.41 bits per heavy atom. The lowest BCUT2D eigenvalue weighted by Crippen LogP contribution is -2.55. The van der Waals surface area contributed by atoms with Crippen molar-refractivity contribution in [1.82, 2.24) is 20.5 Å². The first-order valence-corrected chi connectivity index (χ1v) is 8.25. The molecule has 1 spiro atoms. The number of likely N-dealkylation sites (tertiary alicyclic amines) is 1. The third kappa shape index (κ3) is 2.70. The van der Waals surface area contributed by atoms with Crippen molar-refractivity contribution in [2.45, 2.75) is 38.1 Å². The summed E-state index contributed by atoms with van der Waals surface area (Å²) in [5.41, 5.74) is -0.0248. The van der Waals surface area contributed by atoms with Gasteiger partial charge in [0.2, 0.25) is 5.91 Å². The van der Waals surface area contributed by atoms with Gasteiger partial charge in [0.25, 0.3) is 5.91 Å². The minimum Gasteiger partial charge on any atom is -0.342 e. The third-order valence-electron chi connectivity index (χ3n) is 4.22. The van der Waals surface area contributed by atoms with E-state index in [1.54, 1.807) is 16.2 Å². The lowest BCUT2D eigenvalue weighted by Gasteiger charge is -2.36. The molecule has 3 rings (SSSR count). The SMILES string of the molecule is CCc1nc(CC(=O)N2CCC3(CC2)NC(=O)NC3=O)cs1. The van der Waals surface area contributed by atoms with Crippen molar-refractivity contribution in [3.63, 3.8) is 0 Å². The summed E-state index contributed by atoms with van der Waals surface area (Å²) in [7, 11) is 0. The lowest BCUT2D eigenvalue weighted by molar-refractivity contribution is -0.135. The number of imide groups is 1. The van der Waals surface area contributed by atoms with Crippen LogP contribution < -0.4 is 10.6 Å². The molecule has 0 aliphatic carbocycles. The van der Waals surface area contributed by atoms with Gasteiger partial charge in [-0.15, -0.1) is 11.3 Å². The number of nitrogens with one attached hydrogen (secondary N) is 2. The molecule has 1 aromatic rings. The molecule has 0 unspecified atom stereocenters. The zero-order valence-corrected chi connectivity index (χ0v) is 13.2. The molecular formula is C14H18N4O3S. The summed E-state index contributed by atoms with van der Waals surface area (Å²) in [4.78, 5) is 41.6. The normalized spacial score (nSPS) is 20.1. The number of aromatic nitrogens is 1. The number of amides is 4. The molecule has 0 aromatic carbocycles. The number of piperidine rings is 1. The van der Waals surface area contributed by atoms with Gasteiger partial charge in [0, 0.05) is 18.5 Å². The highest BCUT2D eigenvalue weighted by Gasteiger charge is 2.48. The summed E-state index contributed by atoms with van der Waals surface area (Å²) in [5.74, 6) is -0.260. The van der Waals surface area contributed by atoms with Crippen molar-refractivity contribution in [1.29, 1.82) is 0 Å². The Morgan fingerprint density at radius 2 is 2.14 bits per heavy atom. The first-order valence-electron chi connectivity index (χ1n) is 7.37. The highest BCUT2D eigenvalue weighted by Crippen LogP contribution is 2.26. The van der Waals surface area contributed by atoms with E-state index in [9.17, 15) is 14.4 Å². The van der Waals surface area contributed by atoms with Crippen LogP contribution in [-0.4, -0.2) is 46.4 Å². The van der Waals surface area contributed by atoms with Crippen molar-refractivity contribution < 1.29 is 14.4 Å². The van der Waals surface area contributed by atoms with Gasteiger partial charge in [-0.2, -0.15) is 0 Å². The molecule has 22 heavy (non-hydrogen) atoms. The third-order valence-corrected chi connectivity index (χ3v) is 5.26. The van der Waals surface area contributed by atoms with Crippen LogP contribution in [0.3, 0.4) is 0 Å². The summed E-state index contributed by atoms with van der Waals surface area (Å²) in [6, 6.07) is -0.445. The molecule has 4 amide bonds. The summed E-state index contributed by atoms with van der Waals surface area (Å²) in [6.45, 7) is 2.98. The van der Waals surface area contributed by atoms with Crippen LogP contribution in [0.2, 0.25) is 0 Å². The van der Waals surface area contributed by atoms with E-state index in [0.29, 0.717) is 32.4 Å². The van der Waals surface area contributed by atoms with Crippen LogP contribution in [0.25, 0.3) is 0 Å². The van der Waals surface area contributed by atoms with Crippen LogP contribution in [0.5, 0.6) is 0 Å². The minimum absolute atomic E-state index is 0.0209. The molecule has 2 fully saturated rings. The van der Waals surface area contributed by atoms with E-state index in [-0.39, 0.29) is 11.8 Å². The Morgan fingerprint density at radius 3 is 2.68 bits per heavy atom. The van der Waals surface area contributed by atoms with Gasteiger partial charge in [-0.05, 0) is 19.3 Å².